The molecule has 0 unspecified atom stereocenters. The Labute approximate surface area is 171 Å². The van der Waals surface area contributed by atoms with E-state index in [0.717, 1.165) is 24.2 Å². The zero-order valence-electron chi connectivity index (χ0n) is 16.8. The Hall–Kier alpha value is -1.72. The van der Waals surface area contributed by atoms with Crippen molar-refractivity contribution in [3.05, 3.63) is 39.3 Å². The molecule has 0 N–H and O–H groups in total. The molecule has 0 bridgehead atoms. The van der Waals surface area contributed by atoms with Crippen molar-refractivity contribution in [1.29, 1.82) is 0 Å². The Bertz CT molecular complexity index is 886. The Balaban J connectivity index is 2.09. The maximum absolute atomic E-state index is 12.5. The minimum Gasteiger partial charge on any atom is -0.362 e. The summed E-state index contributed by atoms with van der Waals surface area (Å²) in [5, 5.41) is 1.36. The van der Waals surface area contributed by atoms with Crippen LogP contribution >= 0.6 is 23.4 Å². The monoisotopic (exact) mass is 403 g/mol. The van der Waals surface area contributed by atoms with Crippen LogP contribution in [0.4, 0.5) is 5.69 Å². The van der Waals surface area contributed by atoms with E-state index in [0.29, 0.717) is 15.1 Å². The van der Waals surface area contributed by atoms with Crippen LogP contribution in [0.1, 0.15) is 45.2 Å². The second kappa shape index (κ2) is 7.36. The first-order valence-electron chi connectivity index (χ1n) is 9.15. The molecule has 144 valence electrons. The second-order valence-electron chi connectivity index (χ2n) is 7.50. The van der Waals surface area contributed by atoms with Crippen LogP contribution in [0.3, 0.4) is 0 Å². The van der Waals surface area contributed by atoms with E-state index < -0.39 is 0 Å². The Morgan fingerprint density at radius 2 is 2.04 bits per heavy atom. The van der Waals surface area contributed by atoms with E-state index in [2.05, 4.69) is 49.7 Å². The van der Waals surface area contributed by atoms with E-state index in [9.17, 15) is 4.79 Å². The number of thioether (sulfide) groups is 1. The zero-order valence-corrected chi connectivity index (χ0v) is 18.3. The third-order valence-corrected chi connectivity index (χ3v) is 6.50. The number of likely N-dealkylation sites (N-methyl/N-ethyl adjacent to an activating group) is 1. The normalized spacial score (nSPS) is 21.9. The molecule has 1 fully saturated rings. The summed E-state index contributed by atoms with van der Waals surface area (Å²) in [6, 6.07) is 4.14. The van der Waals surface area contributed by atoms with Gasteiger partial charge in [0, 0.05) is 36.9 Å². The molecule has 0 atom stereocenters. The quantitative estimate of drug-likeness (QED) is 0.644. The van der Waals surface area contributed by atoms with E-state index in [-0.39, 0.29) is 11.4 Å². The van der Waals surface area contributed by atoms with E-state index in [1.54, 1.807) is 19.0 Å². The largest absolute Gasteiger partial charge is 0.362 e. The molecular formula is C21H26ClN3OS. The SMILES string of the molecule is CCCN1c2cc(Cl)c(/C=C3/SC(=NC)N(C)C3=O)cc2C(C)=CC1(C)C. The predicted molar refractivity (Wildman–Crippen MR) is 119 cm³/mol. The molecule has 0 aromatic heterocycles. The molecule has 0 radical (unpaired) electrons. The summed E-state index contributed by atoms with van der Waals surface area (Å²) in [6.45, 7) is 9.76. The number of hydrogen-bond donors (Lipinski definition) is 0. The highest BCUT2D eigenvalue weighted by Crippen LogP contribution is 2.42. The third kappa shape index (κ3) is 3.55. The van der Waals surface area contributed by atoms with E-state index in [1.807, 2.05) is 12.1 Å². The van der Waals surface area contributed by atoms with Gasteiger partial charge in [-0.1, -0.05) is 24.6 Å². The van der Waals surface area contributed by atoms with Crippen LogP contribution in [0.5, 0.6) is 0 Å². The summed E-state index contributed by atoms with van der Waals surface area (Å²) in [5.41, 5.74) is 4.38. The van der Waals surface area contributed by atoms with Gasteiger partial charge in [-0.25, -0.2) is 0 Å². The fourth-order valence-electron chi connectivity index (χ4n) is 3.75. The Morgan fingerprint density at radius 3 is 2.63 bits per heavy atom. The summed E-state index contributed by atoms with van der Waals surface area (Å²) in [7, 11) is 3.43. The lowest BCUT2D eigenvalue weighted by Gasteiger charge is -2.43. The second-order valence-corrected chi connectivity index (χ2v) is 8.92. The van der Waals surface area contributed by atoms with Gasteiger partial charge in [-0.05, 0) is 68.3 Å². The molecule has 1 aromatic rings. The third-order valence-electron chi connectivity index (χ3n) is 5.02. The molecule has 4 nitrogen and oxygen atoms in total. The van der Waals surface area contributed by atoms with Gasteiger partial charge in [0.2, 0.25) is 0 Å². The number of carbonyl (C=O) groups is 1. The van der Waals surface area contributed by atoms with Gasteiger partial charge in [-0.2, -0.15) is 0 Å². The first kappa shape index (κ1) is 20.0. The molecule has 1 aromatic carbocycles. The Morgan fingerprint density at radius 1 is 1.33 bits per heavy atom. The molecular weight excluding hydrogens is 378 g/mol. The molecule has 0 saturated carbocycles. The highest BCUT2D eigenvalue weighted by atomic mass is 35.5. The van der Waals surface area contributed by atoms with Crippen LogP contribution in [0.25, 0.3) is 11.6 Å². The van der Waals surface area contributed by atoms with E-state index in [1.165, 1.54) is 22.9 Å². The van der Waals surface area contributed by atoms with Crippen LogP contribution in [-0.2, 0) is 4.79 Å². The molecule has 1 saturated heterocycles. The number of amides is 1. The van der Waals surface area contributed by atoms with Crippen LogP contribution in [0.2, 0.25) is 5.02 Å². The minimum absolute atomic E-state index is 0.0459. The van der Waals surface area contributed by atoms with Crippen LogP contribution in [0, 0.1) is 0 Å². The summed E-state index contributed by atoms with van der Waals surface area (Å²) < 4.78 is 0. The molecule has 6 heteroatoms. The minimum atomic E-state index is -0.0527. The number of allylic oxidation sites excluding steroid dienone is 1. The summed E-state index contributed by atoms with van der Waals surface area (Å²) >= 11 is 8.03. The maximum atomic E-state index is 12.5. The number of nitrogens with zero attached hydrogens (tertiary/aromatic N) is 3. The smallest absolute Gasteiger partial charge is 0.266 e. The number of aliphatic imine (C=N–C) groups is 1. The summed E-state index contributed by atoms with van der Waals surface area (Å²) in [5.74, 6) is -0.0459. The van der Waals surface area contributed by atoms with Gasteiger partial charge in [-0.15, -0.1) is 0 Å². The average molecular weight is 404 g/mol. The average Bonchev–Trinajstić information content (AvgIpc) is 2.87. The van der Waals surface area contributed by atoms with Gasteiger partial charge in [0.25, 0.3) is 5.91 Å². The van der Waals surface area contributed by atoms with E-state index in [4.69, 9.17) is 11.6 Å². The molecule has 1 amide bonds. The lowest BCUT2D eigenvalue weighted by molar-refractivity contribution is -0.121. The summed E-state index contributed by atoms with van der Waals surface area (Å²) in [4.78, 5) is 21.2. The highest BCUT2D eigenvalue weighted by Gasteiger charge is 2.32. The fourth-order valence-corrected chi connectivity index (χ4v) is 4.88. The maximum Gasteiger partial charge on any atom is 0.266 e. The number of hydrogen-bond acceptors (Lipinski definition) is 4. The van der Waals surface area contributed by atoms with Gasteiger partial charge in [-0.3, -0.25) is 14.7 Å². The van der Waals surface area contributed by atoms with Crippen molar-refractivity contribution in [2.75, 3.05) is 25.5 Å². The van der Waals surface area contributed by atoms with Crippen LogP contribution in [0.15, 0.2) is 28.1 Å². The molecule has 2 aliphatic rings. The molecule has 27 heavy (non-hydrogen) atoms. The number of amidine groups is 1. The van der Waals surface area contributed by atoms with Crippen molar-refractivity contribution in [2.45, 2.75) is 39.7 Å². The van der Waals surface area contributed by atoms with Crippen molar-refractivity contribution < 1.29 is 4.79 Å². The lowest BCUT2D eigenvalue weighted by Crippen LogP contribution is -2.45. The molecule has 2 heterocycles. The number of fused-ring (bicyclic) bond motifs is 1. The van der Waals surface area contributed by atoms with Crippen molar-refractivity contribution in [3.8, 4) is 0 Å². The van der Waals surface area contributed by atoms with Crippen molar-refractivity contribution in [3.63, 3.8) is 0 Å². The summed E-state index contributed by atoms with van der Waals surface area (Å²) in [6.07, 6.45) is 5.25. The lowest BCUT2D eigenvalue weighted by atomic mass is 9.87. The van der Waals surface area contributed by atoms with Gasteiger partial charge < -0.3 is 4.90 Å². The molecule has 2 aliphatic heterocycles. The first-order chi connectivity index (χ1) is 12.7. The predicted octanol–water partition coefficient (Wildman–Crippen LogP) is 5.28. The molecule has 0 spiro atoms. The number of rotatable bonds is 3. The molecule has 3 rings (SSSR count). The molecule has 0 aliphatic carbocycles. The number of halogens is 1. The number of benzene rings is 1. The number of anilines is 1. The van der Waals surface area contributed by atoms with Gasteiger partial charge in [0.15, 0.2) is 5.17 Å². The van der Waals surface area contributed by atoms with Gasteiger partial charge in [0.05, 0.1) is 10.4 Å². The van der Waals surface area contributed by atoms with Crippen molar-refractivity contribution >= 4 is 51.8 Å². The van der Waals surface area contributed by atoms with Crippen molar-refractivity contribution in [1.82, 2.24) is 4.90 Å². The van der Waals surface area contributed by atoms with Crippen LogP contribution in [-0.4, -0.2) is 42.2 Å². The number of carbonyl (C=O) groups excluding carboxylic acids is 1. The Kier molecular flexibility index (Phi) is 5.46. The zero-order chi connectivity index (χ0) is 19.9. The standard InChI is InChI=1S/C21H26ClN3OS/c1-7-8-25-17-11-16(22)14(9-15(17)13(2)12-21(25,3)4)10-18-19(26)24(6)20(23-5)27-18/h9-12H,7-8H2,1-6H3/b18-10+,23-20?. The topological polar surface area (TPSA) is 35.9 Å². The van der Waals surface area contributed by atoms with Crippen molar-refractivity contribution in [2.24, 2.45) is 4.99 Å². The van der Waals surface area contributed by atoms with Gasteiger partial charge >= 0.3 is 0 Å². The van der Waals surface area contributed by atoms with E-state index >= 15 is 0 Å². The van der Waals surface area contributed by atoms with Crippen LogP contribution < -0.4 is 4.90 Å². The van der Waals surface area contributed by atoms with Gasteiger partial charge in [0.1, 0.15) is 0 Å². The fraction of sp³-hybridized carbons (Fsp3) is 0.429. The highest BCUT2D eigenvalue weighted by molar-refractivity contribution is 8.18. The first-order valence-corrected chi connectivity index (χ1v) is 10.3.